The highest BCUT2D eigenvalue weighted by Crippen LogP contribution is 2.35. The van der Waals surface area contributed by atoms with Gasteiger partial charge < -0.3 is 4.90 Å². The Labute approximate surface area is 100 Å². The van der Waals surface area contributed by atoms with Crippen molar-refractivity contribution in [3.63, 3.8) is 0 Å². The fraction of sp³-hybridized carbons (Fsp3) is 0.750. The van der Waals surface area contributed by atoms with Crippen LogP contribution in [0.5, 0.6) is 0 Å². The molecule has 0 aliphatic rings. The first kappa shape index (κ1) is 13.5. The van der Waals surface area contributed by atoms with Gasteiger partial charge in [-0.2, -0.15) is 13.2 Å². The molecule has 0 saturated carbocycles. The van der Waals surface area contributed by atoms with Gasteiger partial charge in [0.15, 0.2) is 0 Å². The van der Waals surface area contributed by atoms with Crippen molar-refractivity contribution >= 4 is 28.1 Å². The van der Waals surface area contributed by atoms with Crippen LogP contribution in [-0.4, -0.2) is 28.7 Å². The van der Waals surface area contributed by atoms with Crippen molar-refractivity contribution in [3.05, 3.63) is 5.01 Å². The molecule has 0 atom stereocenters. The highest BCUT2D eigenvalue weighted by atomic mass is 35.5. The predicted octanol–water partition coefficient (Wildman–Crippen LogP) is 3.01. The van der Waals surface area contributed by atoms with E-state index in [1.54, 1.807) is 11.9 Å². The second kappa shape index (κ2) is 4.37. The van der Waals surface area contributed by atoms with Crippen molar-refractivity contribution in [1.82, 2.24) is 10.2 Å². The number of hydrogen-bond donors (Lipinski definition) is 0. The Kier molecular flexibility index (Phi) is 3.69. The van der Waals surface area contributed by atoms with Gasteiger partial charge in [-0.15, -0.1) is 21.8 Å². The fourth-order valence-corrected chi connectivity index (χ4v) is 1.83. The van der Waals surface area contributed by atoms with Crippen LogP contribution in [0.1, 0.15) is 18.9 Å². The van der Waals surface area contributed by atoms with Crippen LogP contribution in [0.15, 0.2) is 0 Å². The van der Waals surface area contributed by atoms with Crippen LogP contribution in [0.4, 0.5) is 18.3 Å². The number of hydrogen-bond acceptors (Lipinski definition) is 4. The Balaban J connectivity index is 2.95. The Bertz CT molecular complexity index is 364. The first-order chi connectivity index (χ1) is 7.18. The number of nitrogens with zero attached hydrogens (tertiary/aromatic N) is 3. The number of rotatable bonds is 3. The molecule has 0 aromatic carbocycles. The minimum absolute atomic E-state index is 0.206. The summed E-state index contributed by atoms with van der Waals surface area (Å²) in [5.41, 5.74) is -0.468. The number of aromatic nitrogens is 2. The Morgan fingerprint density at radius 1 is 1.31 bits per heavy atom. The maximum Gasteiger partial charge on any atom is 0.445 e. The van der Waals surface area contributed by atoms with Gasteiger partial charge in [0.1, 0.15) is 0 Å². The molecule has 0 aliphatic heterocycles. The third kappa shape index (κ3) is 2.76. The largest absolute Gasteiger partial charge is 0.445 e. The summed E-state index contributed by atoms with van der Waals surface area (Å²) >= 11 is 6.24. The Morgan fingerprint density at radius 3 is 2.25 bits per heavy atom. The zero-order valence-electron chi connectivity index (χ0n) is 8.97. The van der Waals surface area contributed by atoms with Gasteiger partial charge in [-0.1, -0.05) is 11.3 Å². The molecular formula is C8H11ClF3N3S. The van der Waals surface area contributed by atoms with E-state index < -0.39 is 16.7 Å². The summed E-state index contributed by atoms with van der Waals surface area (Å²) in [6.45, 7) is 3.63. The summed E-state index contributed by atoms with van der Waals surface area (Å²) < 4.78 is 36.9. The first-order valence-corrected chi connectivity index (χ1v) is 5.74. The third-order valence-electron chi connectivity index (χ3n) is 2.18. The van der Waals surface area contributed by atoms with Crippen molar-refractivity contribution in [1.29, 1.82) is 0 Å². The Morgan fingerprint density at radius 2 is 1.88 bits per heavy atom. The molecule has 16 heavy (non-hydrogen) atoms. The van der Waals surface area contributed by atoms with E-state index in [2.05, 4.69) is 10.2 Å². The molecule has 92 valence electrons. The van der Waals surface area contributed by atoms with Crippen molar-refractivity contribution in [2.45, 2.75) is 25.6 Å². The van der Waals surface area contributed by atoms with E-state index in [0.29, 0.717) is 11.3 Å². The third-order valence-corrected chi connectivity index (χ3v) is 3.88. The standard InChI is InChI=1S/C8H11ClF3N3S/c1-7(2,4-9)15(3)6-14-13-5(16-6)8(10,11)12/h4H2,1-3H3. The number of anilines is 1. The Hall–Kier alpha value is -0.560. The molecule has 1 rings (SSSR count). The number of halogens is 4. The van der Waals surface area contributed by atoms with Crippen molar-refractivity contribution < 1.29 is 13.2 Å². The van der Waals surface area contributed by atoms with Gasteiger partial charge in [-0.25, -0.2) is 0 Å². The molecular weight excluding hydrogens is 263 g/mol. The maximum atomic E-state index is 12.3. The molecule has 1 aromatic heterocycles. The van der Waals surface area contributed by atoms with Crippen LogP contribution in [0.2, 0.25) is 0 Å². The zero-order valence-corrected chi connectivity index (χ0v) is 10.5. The molecule has 0 amide bonds. The van der Waals surface area contributed by atoms with Crippen LogP contribution in [0.3, 0.4) is 0 Å². The zero-order chi connectivity index (χ0) is 12.6. The molecule has 0 N–H and O–H groups in total. The summed E-state index contributed by atoms with van der Waals surface area (Å²) in [4.78, 5) is 1.59. The van der Waals surface area contributed by atoms with Crippen LogP contribution in [0, 0.1) is 0 Å². The van der Waals surface area contributed by atoms with Gasteiger partial charge in [0.05, 0.1) is 0 Å². The maximum absolute atomic E-state index is 12.3. The minimum Gasteiger partial charge on any atom is -0.343 e. The van der Waals surface area contributed by atoms with Gasteiger partial charge in [0.25, 0.3) is 0 Å². The normalized spacial score (nSPS) is 12.9. The van der Waals surface area contributed by atoms with Gasteiger partial charge in [0.2, 0.25) is 10.1 Å². The molecule has 3 nitrogen and oxygen atoms in total. The summed E-state index contributed by atoms with van der Waals surface area (Å²) in [7, 11) is 1.64. The summed E-state index contributed by atoms with van der Waals surface area (Å²) in [5.74, 6) is 0.282. The minimum atomic E-state index is -4.44. The van der Waals surface area contributed by atoms with Crippen molar-refractivity contribution in [2.75, 3.05) is 17.8 Å². The molecule has 0 unspecified atom stereocenters. The summed E-state index contributed by atoms with van der Waals surface area (Å²) in [6, 6.07) is 0. The lowest BCUT2D eigenvalue weighted by Gasteiger charge is -2.33. The molecule has 0 saturated heterocycles. The lowest BCUT2D eigenvalue weighted by atomic mass is 10.1. The van der Waals surface area contributed by atoms with Crippen molar-refractivity contribution in [2.24, 2.45) is 0 Å². The van der Waals surface area contributed by atoms with E-state index in [1.807, 2.05) is 13.8 Å². The molecule has 0 fully saturated rings. The average Bonchev–Trinajstić information content (AvgIpc) is 2.64. The first-order valence-electron chi connectivity index (χ1n) is 4.39. The molecule has 1 heterocycles. The highest BCUT2D eigenvalue weighted by Gasteiger charge is 2.37. The smallest absolute Gasteiger partial charge is 0.343 e. The van der Waals surface area contributed by atoms with Crippen molar-refractivity contribution in [3.8, 4) is 0 Å². The predicted molar refractivity (Wildman–Crippen MR) is 58.1 cm³/mol. The second-order valence-corrected chi connectivity index (χ2v) is 5.12. The van der Waals surface area contributed by atoms with Crippen LogP contribution >= 0.6 is 22.9 Å². The second-order valence-electron chi connectivity index (χ2n) is 3.89. The fourth-order valence-electron chi connectivity index (χ4n) is 0.814. The SMILES string of the molecule is CN(c1nnc(C(F)(F)F)s1)C(C)(C)CCl. The van der Waals surface area contributed by atoms with E-state index in [4.69, 9.17) is 11.6 Å². The molecule has 0 bridgehead atoms. The van der Waals surface area contributed by atoms with E-state index in [9.17, 15) is 13.2 Å². The van der Waals surface area contributed by atoms with Crippen LogP contribution < -0.4 is 4.90 Å². The van der Waals surface area contributed by atoms with E-state index in [1.165, 1.54) is 0 Å². The van der Waals surface area contributed by atoms with Gasteiger partial charge in [-0.3, -0.25) is 0 Å². The monoisotopic (exact) mass is 273 g/mol. The quantitative estimate of drug-likeness (QED) is 0.793. The van der Waals surface area contributed by atoms with E-state index >= 15 is 0 Å². The molecule has 0 radical (unpaired) electrons. The van der Waals surface area contributed by atoms with Gasteiger partial charge >= 0.3 is 6.18 Å². The van der Waals surface area contributed by atoms with Crippen LogP contribution in [-0.2, 0) is 6.18 Å². The molecule has 1 aromatic rings. The summed E-state index contributed by atoms with van der Waals surface area (Å²) in [5, 5.41) is 5.89. The summed E-state index contributed by atoms with van der Waals surface area (Å²) in [6.07, 6.45) is -4.44. The molecule has 0 spiro atoms. The molecule has 8 heteroatoms. The lowest BCUT2D eigenvalue weighted by Crippen LogP contribution is -2.42. The average molecular weight is 274 g/mol. The lowest BCUT2D eigenvalue weighted by molar-refractivity contribution is -0.138. The topological polar surface area (TPSA) is 29.0 Å². The van der Waals surface area contributed by atoms with Crippen LogP contribution in [0.25, 0.3) is 0 Å². The van der Waals surface area contributed by atoms with Gasteiger partial charge in [0, 0.05) is 18.5 Å². The number of alkyl halides is 4. The van der Waals surface area contributed by atoms with E-state index in [0.717, 1.165) is 0 Å². The van der Waals surface area contributed by atoms with E-state index in [-0.39, 0.29) is 11.0 Å². The highest BCUT2D eigenvalue weighted by molar-refractivity contribution is 7.15. The van der Waals surface area contributed by atoms with Gasteiger partial charge in [-0.05, 0) is 13.8 Å². The molecule has 0 aliphatic carbocycles.